The molecule has 78 valence electrons. The van der Waals surface area contributed by atoms with Crippen LogP contribution in [-0.2, 0) is 18.5 Å². The van der Waals surface area contributed by atoms with E-state index in [4.69, 9.17) is 0 Å². The molecule has 0 atom stereocenters. The Kier molecular flexibility index (Phi) is 3.30. The fourth-order valence-corrected chi connectivity index (χ4v) is 1.51. The average molecular weight is 194 g/mol. The molecule has 0 saturated carbocycles. The Hall–Kier alpha value is -0.850. The summed E-state index contributed by atoms with van der Waals surface area (Å²) in [7, 11) is 0. The van der Waals surface area contributed by atoms with Gasteiger partial charge in [-0.05, 0) is 43.4 Å². The van der Waals surface area contributed by atoms with Crippen molar-refractivity contribution in [2.24, 2.45) is 0 Å². The van der Waals surface area contributed by atoms with E-state index in [0.717, 1.165) is 18.4 Å². The summed E-state index contributed by atoms with van der Waals surface area (Å²) in [6.07, 6.45) is 1.94. The van der Waals surface area contributed by atoms with Crippen molar-refractivity contribution in [1.82, 2.24) is 0 Å². The summed E-state index contributed by atoms with van der Waals surface area (Å²) in [6.45, 7) is 7.43. The summed E-state index contributed by atoms with van der Waals surface area (Å²) < 4.78 is 13.8. The lowest BCUT2D eigenvalue weighted by molar-refractivity contribution is 0.221. The molecule has 0 unspecified atom stereocenters. The molecule has 1 rings (SSSR count). The fraction of sp³-hybridized carbons (Fsp3) is 0.538. The molecule has 0 aliphatic rings. The van der Waals surface area contributed by atoms with Gasteiger partial charge < -0.3 is 0 Å². The van der Waals surface area contributed by atoms with Gasteiger partial charge in [0.2, 0.25) is 0 Å². The first-order chi connectivity index (χ1) is 6.47. The van der Waals surface area contributed by atoms with Crippen LogP contribution in [0.4, 0.5) is 4.39 Å². The van der Waals surface area contributed by atoms with Crippen molar-refractivity contribution >= 4 is 0 Å². The quantitative estimate of drug-likeness (QED) is 0.682. The van der Waals surface area contributed by atoms with E-state index in [1.165, 1.54) is 11.1 Å². The second-order valence-corrected chi connectivity index (χ2v) is 4.22. The van der Waals surface area contributed by atoms with Gasteiger partial charge in [-0.3, -0.25) is 0 Å². The molecule has 0 aliphatic carbocycles. The number of aryl methyl sites for hydroxylation is 2. The maximum absolute atomic E-state index is 13.8. The molecule has 1 aromatic carbocycles. The summed E-state index contributed by atoms with van der Waals surface area (Å²) in [5, 5.41) is 0. The Morgan fingerprint density at radius 3 is 1.71 bits per heavy atom. The molecular weight excluding hydrogens is 175 g/mol. The van der Waals surface area contributed by atoms with Crippen LogP contribution < -0.4 is 0 Å². The van der Waals surface area contributed by atoms with Crippen LogP contribution in [0.15, 0.2) is 18.2 Å². The third-order valence-electron chi connectivity index (χ3n) is 2.56. The van der Waals surface area contributed by atoms with Crippen molar-refractivity contribution < 1.29 is 4.39 Å². The molecule has 1 aromatic rings. The van der Waals surface area contributed by atoms with Gasteiger partial charge in [-0.1, -0.05) is 32.0 Å². The molecule has 0 bridgehead atoms. The van der Waals surface area contributed by atoms with Gasteiger partial charge in [0.05, 0.1) is 0 Å². The van der Waals surface area contributed by atoms with E-state index in [2.05, 4.69) is 19.9 Å². The van der Waals surface area contributed by atoms with Crippen molar-refractivity contribution in [3.63, 3.8) is 0 Å². The van der Waals surface area contributed by atoms with Crippen LogP contribution >= 0.6 is 0 Å². The first kappa shape index (κ1) is 11.2. The predicted molar refractivity (Wildman–Crippen MR) is 59.3 cm³/mol. The van der Waals surface area contributed by atoms with Gasteiger partial charge in [0.1, 0.15) is 5.67 Å². The molecule has 14 heavy (non-hydrogen) atoms. The molecule has 0 radical (unpaired) electrons. The minimum Gasteiger partial charge on any atom is -0.239 e. The molecule has 0 fully saturated rings. The average Bonchev–Trinajstić information content (AvgIpc) is 2.15. The molecule has 0 aromatic heterocycles. The summed E-state index contributed by atoms with van der Waals surface area (Å²) in [5.74, 6) is 0. The molecule has 0 nitrogen and oxygen atoms in total. The van der Waals surface area contributed by atoms with Gasteiger partial charge >= 0.3 is 0 Å². The smallest absolute Gasteiger partial charge is 0.130 e. The monoisotopic (exact) mass is 194 g/mol. The molecule has 1 heteroatoms. The molecule has 0 spiro atoms. The van der Waals surface area contributed by atoms with Crippen LogP contribution in [0.5, 0.6) is 0 Å². The first-order valence-electron chi connectivity index (χ1n) is 5.29. The zero-order valence-electron chi connectivity index (χ0n) is 9.52. The van der Waals surface area contributed by atoms with Gasteiger partial charge in [0.25, 0.3) is 0 Å². The Balaban J connectivity index is 3.17. The molecule has 0 saturated heterocycles. The topological polar surface area (TPSA) is 0 Å². The second kappa shape index (κ2) is 4.12. The van der Waals surface area contributed by atoms with E-state index < -0.39 is 5.67 Å². The van der Waals surface area contributed by atoms with Crippen molar-refractivity contribution in [2.45, 2.75) is 46.2 Å². The fourth-order valence-electron chi connectivity index (χ4n) is 1.51. The lowest BCUT2D eigenvalue weighted by Gasteiger charge is -2.17. The highest BCUT2D eigenvalue weighted by molar-refractivity contribution is 5.33. The van der Waals surface area contributed by atoms with E-state index >= 15 is 0 Å². The molecular formula is C13H19F. The van der Waals surface area contributed by atoms with Gasteiger partial charge in [0, 0.05) is 0 Å². The lowest BCUT2D eigenvalue weighted by Crippen LogP contribution is -2.10. The van der Waals surface area contributed by atoms with E-state index in [-0.39, 0.29) is 0 Å². The normalized spacial score (nSPS) is 11.8. The van der Waals surface area contributed by atoms with E-state index in [1.807, 2.05) is 12.1 Å². The van der Waals surface area contributed by atoms with E-state index in [0.29, 0.717) is 0 Å². The maximum atomic E-state index is 13.8. The highest BCUT2D eigenvalue weighted by Gasteiger charge is 2.19. The Morgan fingerprint density at radius 2 is 1.43 bits per heavy atom. The summed E-state index contributed by atoms with van der Waals surface area (Å²) in [6, 6.07) is 6.10. The third-order valence-corrected chi connectivity index (χ3v) is 2.56. The first-order valence-corrected chi connectivity index (χ1v) is 5.29. The highest BCUT2D eigenvalue weighted by Crippen LogP contribution is 2.26. The molecule has 0 heterocycles. The molecule has 0 aliphatic heterocycles. The van der Waals surface area contributed by atoms with Crippen LogP contribution in [-0.4, -0.2) is 0 Å². The zero-order chi connectivity index (χ0) is 10.8. The van der Waals surface area contributed by atoms with E-state index in [1.54, 1.807) is 13.8 Å². The maximum Gasteiger partial charge on any atom is 0.130 e. The van der Waals surface area contributed by atoms with Crippen LogP contribution in [0, 0.1) is 0 Å². The number of alkyl halides is 1. The van der Waals surface area contributed by atoms with Crippen LogP contribution in [0.3, 0.4) is 0 Å². The number of hydrogen-bond acceptors (Lipinski definition) is 0. The minimum atomic E-state index is -1.23. The summed E-state index contributed by atoms with van der Waals surface area (Å²) in [4.78, 5) is 0. The molecule has 0 N–H and O–H groups in total. The van der Waals surface area contributed by atoms with Crippen molar-refractivity contribution in [1.29, 1.82) is 0 Å². The second-order valence-electron chi connectivity index (χ2n) is 4.22. The number of hydrogen-bond donors (Lipinski definition) is 0. The Bertz CT molecular complexity index is 285. The number of benzene rings is 1. The number of rotatable bonds is 3. The number of halogens is 1. The predicted octanol–water partition coefficient (Wildman–Crippen LogP) is 4.02. The van der Waals surface area contributed by atoms with Crippen LogP contribution in [0.1, 0.15) is 44.4 Å². The largest absolute Gasteiger partial charge is 0.239 e. The van der Waals surface area contributed by atoms with Crippen molar-refractivity contribution in [3.8, 4) is 0 Å². The standard InChI is InChI=1S/C13H19F/c1-5-10-7-11(6-2)9-12(8-10)13(3,4)14/h7-9H,5-6H2,1-4H3. The Morgan fingerprint density at radius 1 is 1.00 bits per heavy atom. The van der Waals surface area contributed by atoms with Crippen LogP contribution in [0.25, 0.3) is 0 Å². The highest BCUT2D eigenvalue weighted by atomic mass is 19.1. The SMILES string of the molecule is CCc1cc(CC)cc(C(C)(C)F)c1. The minimum absolute atomic E-state index is 0.800. The lowest BCUT2D eigenvalue weighted by atomic mass is 9.94. The zero-order valence-corrected chi connectivity index (χ0v) is 9.52. The van der Waals surface area contributed by atoms with Crippen LogP contribution in [0.2, 0.25) is 0 Å². The molecule has 0 amide bonds. The van der Waals surface area contributed by atoms with Gasteiger partial charge in [0.15, 0.2) is 0 Å². The Labute approximate surface area is 86.2 Å². The van der Waals surface area contributed by atoms with Crippen molar-refractivity contribution in [3.05, 3.63) is 34.9 Å². The third kappa shape index (κ3) is 2.57. The summed E-state index contributed by atoms with van der Waals surface area (Å²) >= 11 is 0. The van der Waals surface area contributed by atoms with Crippen molar-refractivity contribution in [2.75, 3.05) is 0 Å². The van der Waals surface area contributed by atoms with Gasteiger partial charge in [-0.2, -0.15) is 0 Å². The van der Waals surface area contributed by atoms with Gasteiger partial charge in [-0.25, -0.2) is 4.39 Å². The van der Waals surface area contributed by atoms with E-state index in [9.17, 15) is 4.39 Å². The van der Waals surface area contributed by atoms with Gasteiger partial charge in [-0.15, -0.1) is 0 Å². The summed E-state index contributed by atoms with van der Waals surface area (Å²) in [5.41, 5.74) is 2.03.